The number of benzene rings is 2. The van der Waals surface area contributed by atoms with Gasteiger partial charge < -0.3 is 10.2 Å². The molecule has 0 heterocycles. The third-order valence-corrected chi connectivity index (χ3v) is 6.45. The van der Waals surface area contributed by atoms with Gasteiger partial charge in [-0.05, 0) is 54.7 Å². The summed E-state index contributed by atoms with van der Waals surface area (Å²) in [6.45, 7) is 7.59. The van der Waals surface area contributed by atoms with Gasteiger partial charge in [0, 0.05) is 13.1 Å². The first-order valence-corrected chi connectivity index (χ1v) is 13.1. The maximum atomic E-state index is 13.5. The molecule has 1 atom stereocenters. The lowest BCUT2D eigenvalue weighted by Gasteiger charge is -2.33. The Hall–Kier alpha value is -2.94. The molecular formula is C25H34FN3O4S. The minimum absolute atomic E-state index is 0.0398. The number of anilines is 1. The topological polar surface area (TPSA) is 86.8 Å². The monoisotopic (exact) mass is 491 g/mol. The number of amides is 2. The number of rotatable bonds is 11. The molecule has 0 radical (unpaired) electrons. The lowest BCUT2D eigenvalue weighted by atomic mass is 10.1. The zero-order chi connectivity index (χ0) is 25.5. The molecule has 0 aromatic heterocycles. The molecule has 186 valence electrons. The summed E-state index contributed by atoms with van der Waals surface area (Å²) in [5.41, 5.74) is 1.85. The van der Waals surface area contributed by atoms with E-state index < -0.39 is 34.3 Å². The van der Waals surface area contributed by atoms with Crippen molar-refractivity contribution < 1.29 is 22.4 Å². The van der Waals surface area contributed by atoms with Crippen molar-refractivity contribution in [1.82, 2.24) is 10.2 Å². The number of carbonyl (C=O) groups is 2. The van der Waals surface area contributed by atoms with Gasteiger partial charge >= 0.3 is 0 Å². The maximum Gasteiger partial charge on any atom is 0.244 e. The summed E-state index contributed by atoms with van der Waals surface area (Å²) in [6.07, 6.45) is 1.37. The van der Waals surface area contributed by atoms with Gasteiger partial charge in [-0.3, -0.25) is 13.9 Å². The highest BCUT2D eigenvalue weighted by Gasteiger charge is 2.31. The second-order valence-corrected chi connectivity index (χ2v) is 10.7. The summed E-state index contributed by atoms with van der Waals surface area (Å²) in [6, 6.07) is 11.7. The molecule has 0 bridgehead atoms. The van der Waals surface area contributed by atoms with Crippen LogP contribution >= 0.6 is 0 Å². The Morgan fingerprint density at radius 2 is 1.74 bits per heavy atom. The standard InChI is InChI=1S/C25H34FN3O4S/c1-6-23(25(31)27-15-18(2)3)28(16-20-10-12-21(26)13-11-20)24(30)17-29(34(5,32)33)22-9-7-8-19(4)14-22/h7-14,18,23H,6,15-17H2,1-5H3,(H,27,31). The van der Waals surface area contributed by atoms with E-state index in [2.05, 4.69) is 5.32 Å². The summed E-state index contributed by atoms with van der Waals surface area (Å²) in [5, 5.41) is 2.86. The van der Waals surface area contributed by atoms with E-state index in [0.717, 1.165) is 16.1 Å². The van der Waals surface area contributed by atoms with E-state index >= 15 is 0 Å². The van der Waals surface area contributed by atoms with Crippen molar-refractivity contribution >= 4 is 27.5 Å². The van der Waals surface area contributed by atoms with Crippen LogP contribution in [0.1, 0.15) is 38.3 Å². The molecule has 1 N–H and O–H groups in total. The first kappa shape index (κ1) is 27.3. The fourth-order valence-electron chi connectivity index (χ4n) is 3.53. The number of aryl methyl sites for hydroxylation is 1. The van der Waals surface area contributed by atoms with Crippen molar-refractivity contribution in [3.63, 3.8) is 0 Å². The van der Waals surface area contributed by atoms with Gasteiger partial charge in [0.15, 0.2) is 0 Å². The molecule has 7 nitrogen and oxygen atoms in total. The van der Waals surface area contributed by atoms with E-state index in [4.69, 9.17) is 0 Å². The Morgan fingerprint density at radius 1 is 1.09 bits per heavy atom. The fraction of sp³-hybridized carbons (Fsp3) is 0.440. The Bertz CT molecular complexity index is 1090. The molecule has 0 saturated carbocycles. The second-order valence-electron chi connectivity index (χ2n) is 8.82. The number of nitrogens with one attached hydrogen (secondary N) is 1. The number of sulfonamides is 1. The SMILES string of the molecule is CCC(C(=O)NCC(C)C)N(Cc1ccc(F)cc1)C(=O)CN(c1cccc(C)c1)S(C)(=O)=O. The minimum Gasteiger partial charge on any atom is -0.354 e. The van der Waals surface area contributed by atoms with E-state index in [-0.39, 0.29) is 18.4 Å². The molecule has 1 unspecified atom stereocenters. The smallest absolute Gasteiger partial charge is 0.244 e. The summed E-state index contributed by atoms with van der Waals surface area (Å²) in [4.78, 5) is 27.9. The molecule has 2 aromatic rings. The molecule has 2 rings (SSSR count). The Labute approximate surface area is 202 Å². The first-order chi connectivity index (χ1) is 15.9. The number of hydrogen-bond acceptors (Lipinski definition) is 4. The van der Waals surface area contributed by atoms with Gasteiger partial charge in [0.25, 0.3) is 0 Å². The predicted octanol–water partition coefficient (Wildman–Crippen LogP) is 3.48. The second kappa shape index (κ2) is 12.0. The van der Waals surface area contributed by atoms with E-state index in [0.29, 0.717) is 24.2 Å². The first-order valence-electron chi connectivity index (χ1n) is 11.3. The lowest BCUT2D eigenvalue weighted by Crippen LogP contribution is -2.52. The number of halogens is 1. The summed E-state index contributed by atoms with van der Waals surface area (Å²) < 4.78 is 39.6. The average molecular weight is 492 g/mol. The molecular weight excluding hydrogens is 457 g/mol. The van der Waals surface area contributed by atoms with E-state index in [1.54, 1.807) is 37.3 Å². The number of carbonyl (C=O) groups excluding carboxylic acids is 2. The van der Waals surface area contributed by atoms with Crippen LogP contribution in [0.25, 0.3) is 0 Å². The Balaban J connectivity index is 2.41. The highest BCUT2D eigenvalue weighted by atomic mass is 32.2. The summed E-state index contributed by atoms with van der Waals surface area (Å²) >= 11 is 0. The number of hydrogen-bond donors (Lipinski definition) is 1. The maximum absolute atomic E-state index is 13.5. The van der Waals surface area contributed by atoms with Crippen LogP contribution in [0.4, 0.5) is 10.1 Å². The third kappa shape index (κ3) is 7.83. The summed E-state index contributed by atoms with van der Waals surface area (Å²) in [5.74, 6) is -1.02. The minimum atomic E-state index is -3.78. The van der Waals surface area contributed by atoms with Gasteiger partial charge in [-0.15, -0.1) is 0 Å². The van der Waals surface area contributed by atoms with Crippen LogP contribution < -0.4 is 9.62 Å². The molecule has 9 heteroatoms. The molecule has 0 aliphatic rings. The van der Waals surface area contributed by atoms with Gasteiger partial charge in [-0.2, -0.15) is 0 Å². The highest BCUT2D eigenvalue weighted by molar-refractivity contribution is 7.92. The number of nitrogens with zero attached hydrogens (tertiary/aromatic N) is 2. The van der Waals surface area contributed by atoms with Crippen molar-refractivity contribution in [2.24, 2.45) is 5.92 Å². The van der Waals surface area contributed by atoms with Crippen LogP contribution in [0.2, 0.25) is 0 Å². The average Bonchev–Trinajstić information content (AvgIpc) is 2.76. The van der Waals surface area contributed by atoms with Gasteiger partial charge in [0.2, 0.25) is 21.8 Å². The molecule has 2 aromatic carbocycles. The lowest BCUT2D eigenvalue weighted by molar-refractivity contribution is -0.140. The summed E-state index contributed by atoms with van der Waals surface area (Å²) in [7, 11) is -3.78. The van der Waals surface area contributed by atoms with Crippen molar-refractivity contribution in [2.75, 3.05) is 23.7 Å². The van der Waals surface area contributed by atoms with Crippen molar-refractivity contribution in [1.29, 1.82) is 0 Å². The van der Waals surface area contributed by atoms with Gasteiger partial charge in [0.05, 0.1) is 11.9 Å². The zero-order valence-corrected chi connectivity index (χ0v) is 21.2. The molecule has 0 aliphatic carbocycles. The van der Waals surface area contributed by atoms with Crippen molar-refractivity contribution in [3.05, 3.63) is 65.5 Å². The predicted molar refractivity (Wildman–Crippen MR) is 132 cm³/mol. The largest absolute Gasteiger partial charge is 0.354 e. The Morgan fingerprint density at radius 3 is 2.26 bits per heavy atom. The van der Waals surface area contributed by atoms with E-state index in [1.807, 2.05) is 26.8 Å². The normalized spacial score (nSPS) is 12.3. The van der Waals surface area contributed by atoms with Gasteiger partial charge in [-0.1, -0.05) is 45.0 Å². The van der Waals surface area contributed by atoms with Crippen LogP contribution in [0.5, 0.6) is 0 Å². The van der Waals surface area contributed by atoms with E-state index in [9.17, 15) is 22.4 Å². The van der Waals surface area contributed by atoms with Crippen LogP contribution in [0.15, 0.2) is 48.5 Å². The zero-order valence-electron chi connectivity index (χ0n) is 20.4. The van der Waals surface area contributed by atoms with Crippen molar-refractivity contribution in [2.45, 2.75) is 46.7 Å². The van der Waals surface area contributed by atoms with Gasteiger partial charge in [-0.25, -0.2) is 12.8 Å². The molecule has 34 heavy (non-hydrogen) atoms. The molecule has 0 aliphatic heterocycles. The molecule has 0 fully saturated rings. The van der Waals surface area contributed by atoms with Gasteiger partial charge in [0.1, 0.15) is 18.4 Å². The molecule has 0 spiro atoms. The molecule has 2 amide bonds. The quantitative estimate of drug-likeness (QED) is 0.521. The van der Waals surface area contributed by atoms with Crippen LogP contribution in [0.3, 0.4) is 0 Å². The van der Waals surface area contributed by atoms with Crippen LogP contribution in [0, 0.1) is 18.7 Å². The van der Waals surface area contributed by atoms with Crippen molar-refractivity contribution in [3.8, 4) is 0 Å². The Kier molecular flexibility index (Phi) is 9.61. The molecule has 0 saturated heterocycles. The van der Waals surface area contributed by atoms with E-state index in [1.165, 1.54) is 17.0 Å². The third-order valence-electron chi connectivity index (χ3n) is 5.31. The van der Waals surface area contributed by atoms with Crippen LogP contribution in [-0.2, 0) is 26.2 Å². The fourth-order valence-corrected chi connectivity index (χ4v) is 4.37. The van der Waals surface area contributed by atoms with Crippen LogP contribution in [-0.4, -0.2) is 50.5 Å². The highest BCUT2D eigenvalue weighted by Crippen LogP contribution is 2.21.